The van der Waals surface area contributed by atoms with Gasteiger partial charge in [-0.15, -0.1) is 0 Å². The molecule has 7 rings (SSSR count). The third-order valence-corrected chi connectivity index (χ3v) is 9.89. The first-order valence-electron chi connectivity index (χ1n) is 16.9. The Kier molecular flexibility index (Phi) is 9.77. The van der Waals surface area contributed by atoms with Crippen LogP contribution in [0.2, 0.25) is 0 Å². The Morgan fingerprint density at radius 3 is 2.20 bits per heavy atom. The Hall–Kier alpha value is -5.98. The van der Waals surface area contributed by atoms with Crippen LogP contribution in [0, 0.1) is 0 Å². The molecular formula is C44H36ClN2O4+. The van der Waals surface area contributed by atoms with Crippen molar-refractivity contribution in [3.8, 4) is 0 Å². The number of halogens is 1. The van der Waals surface area contributed by atoms with Gasteiger partial charge in [0.05, 0.1) is 16.5 Å². The van der Waals surface area contributed by atoms with Gasteiger partial charge >= 0.3 is 11.9 Å². The number of nitrogens with zero attached hydrogens (tertiary/aromatic N) is 2. The highest BCUT2D eigenvalue weighted by atomic mass is 35.5. The molecule has 2 N–H and O–H groups in total. The lowest BCUT2D eigenvalue weighted by molar-refractivity contribution is -0.662. The SMILES string of the molecule is O=C(O)c1ccc(CN2C=C/C(=C\C=C3/CCCC(/C=C/c4cc[n+](Cc5ccc(C(=O)O)cc5)c5ccccc45)=C3Cl)c3ccccc32)cc1. The number of allylic oxidation sites excluding steroid dienone is 8. The smallest absolute Gasteiger partial charge is 0.335 e. The van der Waals surface area contributed by atoms with E-state index in [1.165, 1.54) is 0 Å². The van der Waals surface area contributed by atoms with Gasteiger partial charge in [-0.2, -0.15) is 4.57 Å². The number of rotatable bonds is 9. The van der Waals surface area contributed by atoms with Crippen LogP contribution in [-0.4, -0.2) is 22.2 Å². The number of anilines is 1. The second kappa shape index (κ2) is 14.9. The second-order valence-electron chi connectivity index (χ2n) is 12.7. The molecule has 0 spiro atoms. The number of aromatic nitrogens is 1. The van der Waals surface area contributed by atoms with Gasteiger partial charge in [-0.25, -0.2) is 9.59 Å². The fraction of sp³-hybridized carbons (Fsp3) is 0.114. The quantitative estimate of drug-likeness (QED) is 0.150. The lowest BCUT2D eigenvalue weighted by atomic mass is 9.92. The second-order valence-corrected chi connectivity index (χ2v) is 13.1. The zero-order chi connectivity index (χ0) is 35.3. The van der Waals surface area contributed by atoms with Crippen molar-refractivity contribution in [1.82, 2.24) is 0 Å². The van der Waals surface area contributed by atoms with E-state index in [1.807, 2.05) is 48.5 Å². The van der Waals surface area contributed by atoms with Gasteiger partial charge in [-0.1, -0.05) is 90.5 Å². The van der Waals surface area contributed by atoms with Gasteiger partial charge in [0.25, 0.3) is 0 Å². The number of hydrogen-bond donors (Lipinski definition) is 2. The Balaban J connectivity index is 1.11. The molecule has 2 heterocycles. The minimum atomic E-state index is -0.927. The molecule has 1 aliphatic heterocycles. The number of hydrogen-bond acceptors (Lipinski definition) is 3. The van der Waals surface area contributed by atoms with Crippen molar-refractivity contribution in [2.24, 2.45) is 0 Å². The topological polar surface area (TPSA) is 81.7 Å². The van der Waals surface area contributed by atoms with E-state index < -0.39 is 11.9 Å². The molecule has 1 aromatic heterocycles. The largest absolute Gasteiger partial charge is 0.478 e. The molecule has 0 saturated heterocycles. The number of para-hydroxylation sites is 2. The summed E-state index contributed by atoms with van der Waals surface area (Å²) in [4.78, 5) is 24.7. The van der Waals surface area contributed by atoms with Crippen LogP contribution in [0.25, 0.3) is 22.6 Å². The van der Waals surface area contributed by atoms with Crippen molar-refractivity contribution >= 4 is 51.8 Å². The molecule has 0 atom stereocenters. The summed E-state index contributed by atoms with van der Waals surface area (Å²) >= 11 is 7.07. The maximum Gasteiger partial charge on any atom is 0.335 e. The first-order valence-corrected chi connectivity index (χ1v) is 17.3. The van der Waals surface area contributed by atoms with Crippen LogP contribution in [0.15, 0.2) is 156 Å². The number of aromatic carboxylic acids is 2. The van der Waals surface area contributed by atoms with E-state index in [9.17, 15) is 19.8 Å². The fourth-order valence-electron chi connectivity index (χ4n) is 6.67. The molecule has 0 bridgehead atoms. The van der Waals surface area contributed by atoms with E-state index in [0.717, 1.165) is 79.9 Å². The summed E-state index contributed by atoms with van der Waals surface area (Å²) in [5, 5.41) is 20.4. The highest BCUT2D eigenvalue weighted by Crippen LogP contribution is 2.37. The molecule has 0 amide bonds. The van der Waals surface area contributed by atoms with Crippen LogP contribution >= 0.6 is 11.6 Å². The van der Waals surface area contributed by atoms with Gasteiger partial charge in [0.15, 0.2) is 12.7 Å². The van der Waals surface area contributed by atoms with Gasteiger partial charge in [-0.05, 0) is 89.6 Å². The molecule has 2 aliphatic rings. The van der Waals surface area contributed by atoms with E-state index in [-0.39, 0.29) is 11.1 Å². The summed E-state index contributed by atoms with van der Waals surface area (Å²) in [5.41, 5.74) is 10.4. The van der Waals surface area contributed by atoms with Crippen molar-refractivity contribution in [2.75, 3.05) is 4.90 Å². The summed E-state index contributed by atoms with van der Waals surface area (Å²) in [5.74, 6) is -1.85. The first kappa shape index (κ1) is 33.5. The van der Waals surface area contributed by atoms with Crippen LogP contribution in [0.5, 0.6) is 0 Å². The summed E-state index contributed by atoms with van der Waals surface area (Å²) < 4.78 is 2.18. The normalized spacial score (nSPS) is 16.0. The molecule has 0 fully saturated rings. The molecule has 5 aromatic rings. The third kappa shape index (κ3) is 7.47. The predicted octanol–water partition coefficient (Wildman–Crippen LogP) is 9.81. The van der Waals surface area contributed by atoms with E-state index in [1.54, 1.807) is 24.3 Å². The van der Waals surface area contributed by atoms with E-state index >= 15 is 0 Å². The maximum absolute atomic E-state index is 11.3. The average molecular weight is 692 g/mol. The Labute approximate surface area is 301 Å². The molecule has 4 aromatic carbocycles. The first-order chi connectivity index (χ1) is 24.8. The fourth-order valence-corrected chi connectivity index (χ4v) is 6.99. The van der Waals surface area contributed by atoms with Crippen LogP contribution in [-0.2, 0) is 13.1 Å². The summed E-state index contributed by atoms with van der Waals surface area (Å²) in [6.07, 6.45) is 17.7. The van der Waals surface area contributed by atoms with Crippen molar-refractivity contribution in [2.45, 2.75) is 32.4 Å². The minimum Gasteiger partial charge on any atom is -0.478 e. The van der Waals surface area contributed by atoms with E-state index in [2.05, 4.69) is 82.6 Å². The lowest BCUT2D eigenvalue weighted by Crippen LogP contribution is -2.34. The highest BCUT2D eigenvalue weighted by molar-refractivity contribution is 6.32. The van der Waals surface area contributed by atoms with E-state index in [4.69, 9.17) is 11.6 Å². The molecule has 6 nitrogen and oxygen atoms in total. The monoisotopic (exact) mass is 691 g/mol. The number of carboxylic acid groups (broad SMARTS) is 2. The Morgan fingerprint density at radius 2 is 1.45 bits per heavy atom. The Morgan fingerprint density at radius 1 is 0.765 bits per heavy atom. The molecular weight excluding hydrogens is 656 g/mol. The van der Waals surface area contributed by atoms with Crippen LogP contribution in [0.4, 0.5) is 5.69 Å². The summed E-state index contributed by atoms with van der Waals surface area (Å²) in [7, 11) is 0. The van der Waals surface area contributed by atoms with Crippen molar-refractivity contribution in [1.29, 1.82) is 0 Å². The number of pyridine rings is 1. The molecule has 51 heavy (non-hydrogen) atoms. The predicted molar refractivity (Wildman–Crippen MR) is 204 cm³/mol. The van der Waals surface area contributed by atoms with Crippen LogP contribution in [0.3, 0.4) is 0 Å². The number of benzene rings is 4. The standard InChI is InChI=1S/C44H35ClN2O4/c45-42-34(22-20-32-24-26-46(40-10-3-1-8-38(32)40)28-30-12-16-36(17-13-30)43(48)49)6-5-7-35(42)23-21-33-25-27-47(41-11-4-2-9-39(33)41)29-31-14-18-37(19-15-31)44(50)51/h1-4,8-27H,5-7,28-29H2,(H-,48,49,50,51)/p+1. The van der Waals surface area contributed by atoms with Gasteiger partial charge in [0.1, 0.15) is 0 Å². The van der Waals surface area contributed by atoms with Gasteiger partial charge in [-0.3, -0.25) is 0 Å². The highest BCUT2D eigenvalue weighted by Gasteiger charge is 2.18. The van der Waals surface area contributed by atoms with Crippen molar-refractivity contribution in [3.05, 3.63) is 189 Å². The van der Waals surface area contributed by atoms with Crippen molar-refractivity contribution in [3.63, 3.8) is 0 Å². The van der Waals surface area contributed by atoms with Crippen molar-refractivity contribution < 1.29 is 24.4 Å². The molecule has 7 heteroatoms. The van der Waals surface area contributed by atoms with Gasteiger partial charge < -0.3 is 15.1 Å². The Bertz CT molecular complexity index is 2300. The zero-order valence-corrected chi connectivity index (χ0v) is 28.6. The average Bonchev–Trinajstić information content (AvgIpc) is 3.15. The lowest BCUT2D eigenvalue weighted by Gasteiger charge is -2.28. The van der Waals surface area contributed by atoms with Gasteiger partial charge in [0.2, 0.25) is 5.52 Å². The summed E-state index contributed by atoms with van der Waals surface area (Å²) in [6.45, 7) is 1.26. The van der Waals surface area contributed by atoms with Crippen LogP contribution < -0.4 is 9.47 Å². The number of carbonyl (C=O) groups is 2. The molecule has 0 unspecified atom stereocenters. The molecule has 252 valence electrons. The number of fused-ring (bicyclic) bond motifs is 2. The van der Waals surface area contributed by atoms with E-state index in [0.29, 0.717) is 13.1 Å². The minimum absolute atomic E-state index is 0.280. The number of carboxylic acids is 2. The zero-order valence-electron chi connectivity index (χ0n) is 27.9. The summed E-state index contributed by atoms with van der Waals surface area (Å²) in [6, 6.07) is 32.8. The maximum atomic E-state index is 11.3. The molecule has 0 saturated carbocycles. The molecule has 0 radical (unpaired) electrons. The third-order valence-electron chi connectivity index (χ3n) is 9.41. The van der Waals surface area contributed by atoms with Gasteiger partial charge in [0, 0.05) is 46.7 Å². The molecule has 1 aliphatic carbocycles. The van der Waals surface area contributed by atoms with Crippen LogP contribution in [0.1, 0.15) is 62.2 Å².